The van der Waals surface area contributed by atoms with E-state index in [1.807, 2.05) is 0 Å². The molecule has 4 aromatic rings. The first kappa shape index (κ1) is 28.1. The Balaban J connectivity index is 0.000000531. The number of aryl methyl sites for hydroxylation is 1. The van der Waals surface area contributed by atoms with Crippen molar-refractivity contribution in [1.29, 1.82) is 0 Å². The molecule has 0 spiro atoms. The molecule has 11 heteroatoms. The first-order valence-corrected chi connectivity index (χ1v) is 13.9. The van der Waals surface area contributed by atoms with Crippen LogP contribution in [0.1, 0.15) is 12.5 Å². The first-order valence-electron chi connectivity index (χ1n) is 12.5. The summed E-state index contributed by atoms with van der Waals surface area (Å²) < 4.78 is 35.1. The van der Waals surface area contributed by atoms with Gasteiger partial charge in [0.2, 0.25) is 10.0 Å². The van der Waals surface area contributed by atoms with Crippen LogP contribution in [-0.2, 0) is 32.7 Å². The maximum absolute atomic E-state index is 13.0. The lowest BCUT2D eigenvalue weighted by molar-refractivity contribution is -0.159. The highest BCUT2D eigenvalue weighted by Crippen LogP contribution is 2.30. The van der Waals surface area contributed by atoms with Gasteiger partial charge in [-0.05, 0) is 55.0 Å². The van der Waals surface area contributed by atoms with E-state index >= 15 is 0 Å². The zero-order chi connectivity index (χ0) is 28.2. The average Bonchev–Trinajstić information content (AvgIpc) is 3.26. The lowest BCUT2D eigenvalue weighted by Crippen LogP contribution is -2.48. The lowest BCUT2D eigenvalue weighted by atomic mass is 10.1. The molecule has 2 heterocycles. The molecular weight excluding hydrogens is 522 g/mol. The highest BCUT2D eigenvalue weighted by Gasteiger charge is 2.28. The molecule has 5 rings (SSSR count). The SMILES string of the molecule is CCn1c2ccccc2c2cc(CN3CCN(S(=O)(=O)c4ccc(OC)cc4)CC3)ccc21.O=C(O)C(=O)O. The van der Waals surface area contributed by atoms with Gasteiger partial charge >= 0.3 is 11.9 Å². The second-order valence-electron chi connectivity index (χ2n) is 9.08. The number of carbonyl (C=O) groups is 2. The molecule has 1 saturated heterocycles. The molecule has 206 valence electrons. The van der Waals surface area contributed by atoms with E-state index in [0.29, 0.717) is 36.8 Å². The Bertz CT molecular complexity index is 1580. The summed E-state index contributed by atoms with van der Waals surface area (Å²) in [6.07, 6.45) is 0. The van der Waals surface area contributed by atoms with Gasteiger partial charge in [0.25, 0.3) is 0 Å². The molecule has 0 atom stereocenters. The predicted molar refractivity (Wildman–Crippen MR) is 147 cm³/mol. The maximum Gasteiger partial charge on any atom is 0.414 e. The number of nitrogens with zero attached hydrogens (tertiary/aromatic N) is 3. The first-order chi connectivity index (χ1) is 18.6. The van der Waals surface area contributed by atoms with Crippen molar-refractivity contribution in [3.05, 3.63) is 72.3 Å². The zero-order valence-electron chi connectivity index (χ0n) is 21.8. The Morgan fingerprint density at radius 3 is 2.05 bits per heavy atom. The van der Waals surface area contributed by atoms with Gasteiger partial charge in [0, 0.05) is 61.1 Å². The van der Waals surface area contributed by atoms with Gasteiger partial charge in [-0.15, -0.1) is 0 Å². The quantitative estimate of drug-likeness (QED) is 0.347. The Labute approximate surface area is 226 Å². The number of rotatable bonds is 6. The van der Waals surface area contributed by atoms with Crippen molar-refractivity contribution in [2.45, 2.75) is 24.9 Å². The van der Waals surface area contributed by atoms with E-state index in [1.54, 1.807) is 35.7 Å². The summed E-state index contributed by atoms with van der Waals surface area (Å²) in [5, 5.41) is 17.3. The molecule has 0 unspecified atom stereocenters. The number of fused-ring (bicyclic) bond motifs is 3. The second-order valence-corrected chi connectivity index (χ2v) is 11.0. The van der Waals surface area contributed by atoms with Crippen molar-refractivity contribution in [2.24, 2.45) is 0 Å². The van der Waals surface area contributed by atoms with E-state index in [-0.39, 0.29) is 0 Å². The molecule has 0 saturated carbocycles. The van der Waals surface area contributed by atoms with Gasteiger partial charge in [-0.2, -0.15) is 4.31 Å². The fourth-order valence-corrected chi connectivity index (χ4v) is 6.25. The van der Waals surface area contributed by atoms with E-state index < -0.39 is 22.0 Å². The van der Waals surface area contributed by atoms with Crippen LogP contribution in [0.15, 0.2) is 71.6 Å². The number of para-hydroxylation sites is 1. The number of hydrogen-bond acceptors (Lipinski definition) is 6. The largest absolute Gasteiger partial charge is 0.497 e. The summed E-state index contributed by atoms with van der Waals surface area (Å²) in [6.45, 7) is 6.34. The molecule has 39 heavy (non-hydrogen) atoms. The molecule has 0 radical (unpaired) electrons. The van der Waals surface area contributed by atoms with Crippen LogP contribution in [0.5, 0.6) is 5.75 Å². The van der Waals surface area contributed by atoms with Crippen molar-refractivity contribution < 1.29 is 33.0 Å². The molecule has 3 aromatic carbocycles. The van der Waals surface area contributed by atoms with Gasteiger partial charge in [0.05, 0.1) is 12.0 Å². The Morgan fingerprint density at radius 1 is 0.846 bits per heavy atom. The number of benzene rings is 3. The number of piperazine rings is 1. The van der Waals surface area contributed by atoms with E-state index in [2.05, 4.69) is 58.9 Å². The van der Waals surface area contributed by atoms with Gasteiger partial charge < -0.3 is 19.5 Å². The van der Waals surface area contributed by atoms with Crippen LogP contribution >= 0.6 is 0 Å². The van der Waals surface area contributed by atoms with Crippen LogP contribution in [0.4, 0.5) is 0 Å². The molecule has 10 nitrogen and oxygen atoms in total. The number of sulfonamides is 1. The van der Waals surface area contributed by atoms with E-state index in [1.165, 1.54) is 27.4 Å². The van der Waals surface area contributed by atoms with E-state index in [4.69, 9.17) is 24.5 Å². The van der Waals surface area contributed by atoms with Crippen molar-refractivity contribution in [1.82, 2.24) is 13.8 Å². The van der Waals surface area contributed by atoms with Crippen LogP contribution in [0.2, 0.25) is 0 Å². The van der Waals surface area contributed by atoms with Crippen molar-refractivity contribution in [3.63, 3.8) is 0 Å². The normalized spacial score (nSPS) is 14.6. The molecule has 1 aromatic heterocycles. The van der Waals surface area contributed by atoms with Gasteiger partial charge in [-0.3, -0.25) is 4.90 Å². The summed E-state index contributed by atoms with van der Waals surface area (Å²) in [5.41, 5.74) is 3.79. The van der Waals surface area contributed by atoms with E-state index in [0.717, 1.165) is 13.1 Å². The van der Waals surface area contributed by atoms with Gasteiger partial charge in [-0.25, -0.2) is 18.0 Å². The van der Waals surface area contributed by atoms with Crippen LogP contribution in [0, 0.1) is 0 Å². The minimum absolute atomic E-state index is 0.314. The fraction of sp³-hybridized carbons (Fsp3) is 0.286. The molecule has 1 aliphatic rings. The molecule has 1 fully saturated rings. The van der Waals surface area contributed by atoms with Crippen LogP contribution in [0.25, 0.3) is 21.8 Å². The molecule has 0 aliphatic carbocycles. The van der Waals surface area contributed by atoms with E-state index in [9.17, 15) is 8.42 Å². The predicted octanol–water partition coefficient (Wildman–Crippen LogP) is 3.49. The molecule has 1 aliphatic heterocycles. The highest BCUT2D eigenvalue weighted by molar-refractivity contribution is 7.89. The molecule has 2 N–H and O–H groups in total. The number of ether oxygens (including phenoxy) is 1. The standard InChI is InChI=1S/C26H29N3O3S.C2H2O4/c1-3-29-25-7-5-4-6-23(25)24-18-20(8-13-26(24)29)19-27-14-16-28(17-15-27)33(30,31)22-11-9-21(32-2)10-12-22;3-1(4)2(5)6/h4-13,18H,3,14-17,19H2,1-2H3;(H,3,4)(H,5,6). The lowest BCUT2D eigenvalue weighted by Gasteiger charge is -2.34. The van der Waals surface area contributed by atoms with Gasteiger partial charge in [0.1, 0.15) is 5.75 Å². The number of methoxy groups -OCH3 is 1. The smallest absolute Gasteiger partial charge is 0.414 e. The zero-order valence-corrected chi connectivity index (χ0v) is 22.6. The summed E-state index contributed by atoms with van der Waals surface area (Å²) in [4.78, 5) is 20.8. The Morgan fingerprint density at radius 2 is 1.46 bits per heavy atom. The number of carboxylic acids is 2. The third-order valence-corrected chi connectivity index (χ3v) is 8.68. The number of aromatic nitrogens is 1. The van der Waals surface area contributed by atoms with Crippen LogP contribution in [0.3, 0.4) is 0 Å². The summed E-state index contributed by atoms with van der Waals surface area (Å²) in [7, 11) is -1.92. The van der Waals surface area contributed by atoms with Crippen LogP contribution < -0.4 is 4.74 Å². The van der Waals surface area contributed by atoms with Crippen LogP contribution in [-0.4, -0.2) is 77.6 Å². The average molecular weight is 554 g/mol. The van der Waals surface area contributed by atoms with Gasteiger partial charge in [0.15, 0.2) is 0 Å². The Hall–Kier alpha value is -3.93. The van der Waals surface area contributed by atoms with Crippen molar-refractivity contribution in [3.8, 4) is 5.75 Å². The molecule has 0 amide bonds. The third-order valence-electron chi connectivity index (χ3n) is 6.77. The van der Waals surface area contributed by atoms with Crippen molar-refractivity contribution in [2.75, 3.05) is 33.3 Å². The maximum atomic E-state index is 13.0. The monoisotopic (exact) mass is 553 g/mol. The minimum Gasteiger partial charge on any atom is -0.497 e. The highest BCUT2D eigenvalue weighted by atomic mass is 32.2. The number of hydrogen-bond donors (Lipinski definition) is 2. The Kier molecular flexibility index (Phi) is 8.54. The molecule has 0 bridgehead atoms. The summed E-state index contributed by atoms with van der Waals surface area (Å²) >= 11 is 0. The number of carboxylic acid groups (broad SMARTS) is 2. The molecular formula is C28H31N3O7S. The fourth-order valence-electron chi connectivity index (χ4n) is 4.82. The number of aliphatic carboxylic acids is 2. The van der Waals surface area contributed by atoms with Crippen molar-refractivity contribution >= 4 is 43.8 Å². The summed E-state index contributed by atoms with van der Waals surface area (Å²) in [6, 6.07) is 21.9. The third kappa shape index (κ3) is 6.06. The summed E-state index contributed by atoms with van der Waals surface area (Å²) in [5.74, 6) is -3.00. The topological polar surface area (TPSA) is 129 Å². The minimum atomic E-state index is -3.49. The second kappa shape index (κ2) is 11.9. The van der Waals surface area contributed by atoms with Gasteiger partial charge in [-0.1, -0.05) is 24.3 Å².